The van der Waals surface area contributed by atoms with Crippen LogP contribution < -0.4 is 10.2 Å². The lowest BCUT2D eigenvalue weighted by Gasteiger charge is -2.27. The summed E-state index contributed by atoms with van der Waals surface area (Å²) < 4.78 is 23.4. The number of urea groups is 2. The molecule has 3 rings (SSSR count). The fourth-order valence-electron chi connectivity index (χ4n) is 3.42. The van der Waals surface area contributed by atoms with E-state index in [9.17, 15) is 18.0 Å². The van der Waals surface area contributed by atoms with Crippen LogP contribution in [0.15, 0.2) is 24.3 Å². The Balaban J connectivity index is 1.71. The van der Waals surface area contributed by atoms with Gasteiger partial charge in [0.25, 0.3) is 0 Å². The number of benzene rings is 1. The fourth-order valence-corrected chi connectivity index (χ4v) is 5.15. The fraction of sp³-hybridized carbons (Fsp3) is 0.529. The maximum absolute atomic E-state index is 12.6. The van der Waals surface area contributed by atoms with Crippen LogP contribution in [-0.4, -0.2) is 74.5 Å². The van der Waals surface area contributed by atoms with E-state index in [-0.39, 0.29) is 29.6 Å². The summed E-state index contributed by atoms with van der Waals surface area (Å²) in [5, 5.41) is 2.83. The van der Waals surface area contributed by atoms with E-state index in [4.69, 9.17) is 0 Å². The second-order valence-corrected chi connectivity index (χ2v) is 8.91. The van der Waals surface area contributed by atoms with Crippen molar-refractivity contribution >= 4 is 33.3 Å². The zero-order valence-corrected chi connectivity index (χ0v) is 15.8. The summed E-state index contributed by atoms with van der Waals surface area (Å²) >= 11 is 0. The average Bonchev–Trinajstić information content (AvgIpc) is 3.11. The Bertz CT molecular complexity index is 811. The molecular formula is C17H24N4O4S. The lowest BCUT2D eigenvalue weighted by molar-refractivity contribution is 0.197. The number of amides is 4. The third-order valence-corrected chi connectivity index (χ3v) is 6.63. The van der Waals surface area contributed by atoms with E-state index in [1.54, 1.807) is 39.9 Å². The van der Waals surface area contributed by atoms with Gasteiger partial charge in [-0.25, -0.2) is 18.0 Å². The van der Waals surface area contributed by atoms with Gasteiger partial charge in [0.15, 0.2) is 9.84 Å². The highest BCUT2D eigenvalue weighted by atomic mass is 32.2. The Labute approximate surface area is 153 Å². The molecule has 4 amide bonds. The van der Waals surface area contributed by atoms with Gasteiger partial charge >= 0.3 is 12.1 Å². The van der Waals surface area contributed by atoms with Gasteiger partial charge in [0, 0.05) is 44.1 Å². The van der Waals surface area contributed by atoms with E-state index in [0.29, 0.717) is 31.7 Å². The molecule has 0 radical (unpaired) electrons. The van der Waals surface area contributed by atoms with Crippen molar-refractivity contribution in [1.82, 2.24) is 9.80 Å². The first-order chi connectivity index (χ1) is 12.3. The molecule has 2 saturated heterocycles. The molecule has 2 fully saturated rings. The SMILES string of the molecule is CCN(C(=O)Nc1cccc(N2CCN(C)C2=O)c1)[C@@H]1CCS(=O)(=O)C1. The highest BCUT2D eigenvalue weighted by Crippen LogP contribution is 2.24. The number of anilines is 2. The largest absolute Gasteiger partial charge is 0.326 e. The van der Waals surface area contributed by atoms with Crippen molar-refractivity contribution in [3.8, 4) is 0 Å². The van der Waals surface area contributed by atoms with Crippen LogP contribution in [0.2, 0.25) is 0 Å². The van der Waals surface area contributed by atoms with E-state index in [1.807, 2.05) is 13.0 Å². The molecule has 0 aromatic heterocycles. The second-order valence-electron chi connectivity index (χ2n) is 6.68. The third-order valence-electron chi connectivity index (χ3n) is 4.88. The monoisotopic (exact) mass is 380 g/mol. The predicted molar refractivity (Wildman–Crippen MR) is 100 cm³/mol. The minimum Gasteiger partial charge on any atom is -0.326 e. The number of nitrogens with one attached hydrogen (secondary N) is 1. The maximum atomic E-state index is 12.6. The first kappa shape index (κ1) is 18.5. The molecule has 1 aromatic rings. The molecule has 0 bridgehead atoms. The number of nitrogens with zero attached hydrogens (tertiary/aromatic N) is 3. The number of hydrogen-bond acceptors (Lipinski definition) is 4. The van der Waals surface area contributed by atoms with Crippen LogP contribution in [0.5, 0.6) is 0 Å². The zero-order chi connectivity index (χ0) is 18.9. The van der Waals surface area contributed by atoms with Crippen LogP contribution in [0, 0.1) is 0 Å². The third kappa shape index (κ3) is 3.77. The molecule has 0 aliphatic carbocycles. The minimum absolute atomic E-state index is 0.0168. The molecule has 142 valence electrons. The van der Waals surface area contributed by atoms with Gasteiger partial charge < -0.3 is 15.1 Å². The highest BCUT2D eigenvalue weighted by Gasteiger charge is 2.34. The van der Waals surface area contributed by atoms with Crippen molar-refractivity contribution < 1.29 is 18.0 Å². The summed E-state index contributed by atoms with van der Waals surface area (Å²) in [6.07, 6.45) is 0.470. The first-order valence-corrected chi connectivity index (χ1v) is 10.5. The van der Waals surface area contributed by atoms with Gasteiger partial charge in [0.1, 0.15) is 0 Å². The molecule has 2 aliphatic heterocycles. The Morgan fingerprint density at radius 1 is 1.35 bits per heavy atom. The number of likely N-dealkylation sites (N-methyl/N-ethyl adjacent to an activating group) is 1. The minimum atomic E-state index is -3.06. The molecule has 26 heavy (non-hydrogen) atoms. The molecule has 9 heteroatoms. The number of carbonyl (C=O) groups excluding carboxylic acids is 2. The van der Waals surface area contributed by atoms with Gasteiger partial charge in [-0.05, 0) is 31.5 Å². The lowest BCUT2D eigenvalue weighted by Crippen LogP contribution is -2.43. The van der Waals surface area contributed by atoms with E-state index >= 15 is 0 Å². The van der Waals surface area contributed by atoms with Crippen molar-refractivity contribution in [2.24, 2.45) is 0 Å². The summed E-state index contributed by atoms with van der Waals surface area (Å²) in [5.41, 5.74) is 1.30. The molecule has 0 unspecified atom stereocenters. The van der Waals surface area contributed by atoms with Gasteiger partial charge in [-0.3, -0.25) is 4.90 Å². The molecular weight excluding hydrogens is 356 g/mol. The van der Waals surface area contributed by atoms with Crippen LogP contribution in [0.3, 0.4) is 0 Å². The van der Waals surface area contributed by atoms with E-state index in [2.05, 4.69) is 5.32 Å². The average molecular weight is 380 g/mol. The molecule has 8 nitrogen and oxygen atoms in total. The number of rotatable bonds is 4. The standard InChI is InChI=1S/C17H24N4O4S/c1-3-20(15-7-10-26(24,25)12-15)16(22)18-13-5-4-6-14(11-13)21-9-8-19(2)17(21)23/h4-6,11,15H,3,7-10,12H2,1-2H3,(H,18,22)/t15-/m1/s1. The summed E-state index contributed by atoms with van der Waals surface area (Å²) in [4.78, 5) is 29.6. The number of sulfone groups is 1. The molecule has 0 spiro atoms. The number of hydrogen-bond donors (Lipinski definition) is 1. The second kappa shape index (κ2) is 7.14. The van der Waals surface area contributed by atoms with Gasteiger partial charge in [-0.15, -0.1) is 0 Å². The Kier molecular flexibility index (Phi) is 5.08. The van der Waals surface area contributed by atoms with E-state index in [0.717, 1.165) is 5.69 Å². The molecule has 2 heterocycles. The van der Waals surface area contributed by atoms with Gasteiger partial charge in [-0.2, -0.15) is 0 Å². The maximum Gasteiger partial charge on any atom is 0.324 e. The first-order valence-electron chi connectivity index (χ1n) is 8.71. The van der Waals surface area contributed by atoms with Crippen molar-refractivity contribution in [2.75, 3.05) is 48.4 Å². The lowest BCUT2D eigenvalue weighted by atomic mass is 10.2. The van der Waals surface area contributed by atoms with Crippen LogP contribution in [0.1, 0.15) is 13.3 Å². The zero-order valence-electron chi connectivity index (χ0n) is 15.0. The predicted octanol–water partition coefficient (Wildman–Crippen LogP) is 1.60. The smallest absolute Gasteiger partial charge is 0.324 e. The van der Waals surface area contributed by atoms with Gasteiger partial charge in [0.2, 0.25) is 0 Å². The molecule has 1 atom stereocenters. The molecule has 2 aliphatic rings. The Morgan fingerprint density at radius 2 is 2.12 bits per heavy atom. The Hall–Kier alpha value is -2.29. The van der Waals surface area contributed by atoms with Crippen LogP contribution in [0.25, 0.3) is 0 Å². The van der Waals surface area contributed by atoms with E-state index in [1.165, 1.54) is 0 Å². The normalized spacial score (nSPS) is 21.9. The van der Waals surface area contributed by atoms with Crippen molar-refractivity contribution in [1.29, 1.82) is 0 Å². The van der Waals surface area contributed by atoms with Gasteiger partial charge in [-0.1, -0.05) is 6.07 Å². The molecule has 1 aromatic carbocycles. The summed E-state index contributed by atoms with van der Waals surface area (Å²) in [7, 11) is -1.30. The Morgan fingerprint density at radius 3 is 2.69 bits per heavy atom. The van der Waals surface area contributed by atoms with Gasteiger partial charge in [0.05, 0.1) is 11.5 Å². The number of carbonyl (C=O) groups is 2. The van der Waals surface area contributed by atoms with Crippen molar-refractivity contribution in [2.45, 2.75) is 19.4 Å². The quantitative estimate of drug-likeness (QED) is 0.859. The summed E-state index contributed by atoms with van der Waals surface area (Å²) in [6, 6.07) is 6.44. The van der Waals surface area contributed by atoms with Crippen LogP contribution >= 0.6 is 0 Å². The van der Waals surface area contributed by atoms with Crippen LogP contribution in [-0.2, 0) is 9.84 Å². The molecule has 0 saturated carbocycles. The topological polar surface area (TPSA) is 90.0 Å². The highest BCUT2D eigenvalue weighted by molar-refractivity contribution is 7.91. The van der Waals surface area contributed by atoms with E-state index < -0.39 is 9.84 Å². The van der Waals surface area contributed by atoms with Crippen LogP contribution in [0.4, 0.5) is 21.0 Å². The van der Waals surface area contributed by atoms with Crippen molar-refractivity contribution in [3.63, 3.8) is 0 Å². The van der Waals surface area contributed by atoms with Crippen molar-refractivity contribution in [3.05, 3.63) is 24.3 Å². The molecule has 1 N–H and O–H groups in total. The summed E-state index contributed by atoms with van der Waals surface area (Å²) in [6.45, 7) is 3.53. The summed E-state index contributed by atoms with van der Waals surface area (Å²) in [5.74, 6) is 0.143.